The number of nitrogens with zero attached hydrogens (tertiary/aromatic N) is 1. The van der Waals surface area contributed by atoms with Crippen molar-refractivity contribution >= 4 is 45.2 Å². The minimum atomic E-state index is -0.492. The number of rotatable bonds is 7. The Balaban J connectivity index is 1.92. The van der Waals surface area contributed by atoms with E-state index in [1.165, 1.54) is 16.7 Å². The number of amides is 1. The average molecular weight is 524 g/mol. The number of carbonyl (C=O) groups is 1. The molecular weight excluding hydrogens is 500 g/mol. The van der Waals surface area contributed by atoms with Gasteiger partial charge in [0.25, 0.3) is 5.91 Å². The maximum absolute atomic E-state index is 12.6. The predicted octanol–water partition coefficient (Wildman–Crippen LogP) is 7.25. The number of halogens is 2. The lowest BCUT2D eigenvalue weighted by molar-refractivity contribution is -0.112. The molecule has 3 aromatic rings. The average Bonchev–Trinajstić information content (AvgIpc) is 2.75. The van der Waals surface area contributed by atoms with Crippen LogP contribution in [0, 0.1) is 25.2 Å². The fourth-order valence-electron chi connectivity index (χ4n) is 3.59. The van der Waals surface area contributed by atoms with Gasteiger partial charge in [-0.3, -0.25) is 4.79 Å². The fraction of sp³-hybridized carbons (Fsp3) is 0.185. The molecule has 0 aliphatic carbocycles. The zero-order valence-electron chi connectivity index (χ0n) is 18.7. The summed E-state index contributed by atoms with van der Waals surface area (Å²) in [7, 11) is 0. The van der Waals surface area contributed by atoms with E-state index in [4.69, 9.17) is 16.3 Å². The van der Waals surface area contributed by atoms with E-state index >= 15 is 0 Å². The molecule has 168 valence electrons. The molecule has 0 aliphatic rings. The van der Waals surface area contributed by atoms with E-state index < -0.39 is 5.91 Å². The molecular formula is C27H24BrClN2O2. The largest absolute Gasteiger partial charge is 0.494 e. The molecule has 0 fully saturated rings. The first-order valence-electron chi connectivity index (χ1n) is 10.5. The van der Waals surface area contributed by atoms with Crippen LogP contribution in [0.4, 0.5) is 5.69 Å². The molecule has 0 radical (unpaired) electrons. The summed E-state index contributed by atoms with van der Waals surface area (Å²) in [6.45, 7) is 6.60. The molecule has 0 spiro atoms. The number of nitriles is 1. The smallest absolute Gasteiger partial charge is 0.266 e. The van der Waals surface area contributed by atoms with E-state index in [1.54, 1.807) is 30.3 Å². The Hall–Kier alpha value is -3.07. The van der Waals surface area contributed by atoms with Crippen molar-refractivity contribution < 1.29 is 9.53 Å². The van der Waals surface area contributed by atoms with Crippen LogP contribution in [0.25, 0.3) is 6.08 Å². The highest BCUT2D eigenvalue weighted by Gasteiger charge is 2.14. The number of ether oxygens (including phenoxy) is 1. The van der Waals surface area contributed by atoms with Crippen LogP contribution >= 0.6 is 27.5 Å². The Kier molecular flexibility index (Phi) is 8.32. The summed E-state index contributed by atoms with van der Waals surface area (Å²) in [4.78, 5) is 12.6. The third-order valence-corrected chi connectivity index (χ3v) is 5.88. The molecule has 0 atom stereocenters. The van der Waals surface area contributed by atoms with Crippen molar-refractivity contribution in [3.63, 3.8) is 0 Å². The SMILES string of the molecule is CCOc1cc(/C=C(\C#N)C(=O)Nc2ccc(Cl)cc2)cc(Br)c1Cc1cc(C)cc(C)c1. The van der Waals surface area contributed by atoms with Crippen molar-refractivity contribution in [1.29, 1.82) is 5.26 Å². The van der Waals surface area contributed by atoms with Crippen molar-refractivity contribution in [2.24, 2.45) is 0 Å². The highest BCUT2D eigenvalue weighted by atomic mass is 79.9. The van der Waals surface area contributed by atoms with Gasteiger partial charge in [-0.1, -0.05) is 56.9 Å². The van der Waals surface area contributed by atoms with Crippen molar-refractivity contribution in [2.45, 2.75) is 27.2 Å². The van der Waals surface area contributed by atoms with E-state index in [0.717, 1.165) is 10.0 Å². The molecule has 3 aromatic carbocycles. The topological polar surface area (TPSA) is 62.1 Å². The van der Waals surface area contributed by atoms with Gasteiger partial charge in [-0.15, -0.1) is 0 Å². The first-order chi connectivity index (χ1) is 15.8. The number of hydrogen-bond acceptors (Lipinski definition) is 3. The maximum atomic E-state index is 12.6. The number of anilines is 1. The van der Waals surface area contributed by atoms with Gasteiger partial charge in [-0.25, -0.2) is 0 Å². The summed E-state index contributed by atoms with van der Waals surface area (Å²) in [5.74, 6) is 0.223. The van der Waals surface area contributed by atoms with Crippen LogP contribution in [-0.4, -0.2) is 12.5 Å². The molecule has 4 nitrogen and oxygen atoms in total. The van der Waals surface area contributed by atoms with Crippen molar-refractivity contribution in [2.75, 3.05) is 11.9 Å². The number of carbonyl (C=O) groups excluding carboxylic acids is 1. The zero-order chi connectivity index (χ0) is 24.0. The van der Waals surface area contributed by atoms with Gasteiger partial charge in [0, 0.05) is 27.2 Å². The second kappa shape index (κ2) is 11.2. The molecule has 0 saturated carbocycles. The van der Waals surface area contributed by atoms with Crippen LogP contribution in [-0.2, 0) is 11.2 Å². The summed E-state index contributed by atoms with van der Waals surface area (Å²) in [5, 5.41) is 12.9. The molecule has 0 saturated heterocycles. The molecule has 3 rings (SSSR count). The second-order valence-corrected chi connectivity index (χ2v) is 9.01. The Morgan fingerprint density at radius 1 is 1.12 bits per heavy atom. The van der Waals surface area contributed by atoms with Gasteiger partial charge in [0.1, 0.15) is 17.4 Å². The zero-order valence-corrected chi connectivity index (χ0v) is 21.0. The normalized spacial score (nSPS) is 11.1. The number of nitrogens with one attached hydrogen (secondary N) is 1. The minimum absolute atomic E-state index is 0.0126. The molecule has 0 bridgehead atoms. The quantitative estimate of drug-likeness (QED) is 0.262. The van der Waals surface area contributed by atoms with Crippen molar-refractivity contribution in [3.8, 4) is 11.8 Å². The lowest BCUT2D eigenvalue weighted by Crippen LogP contribution is -2.13. The van der Waals surface area contributed by atoms with Gasteiger partial charge in [0.15, 0.2) is 0 Å². The van der Waals surface area contributed by atoms with Gasteiger partial charge in [-0.05, 0) is 74.4 Å². The molecule has 0 heterocycles. The Labute approximate surface area is 208 Å². The van der Waals surface area contributed by atoms with Crippen molar-refractivity contribution in [1.82, 2.24) is 0 Å². The van der Waals surface area contributed by atoms with E-state index in [9.17, 15) is 10.1 Å². The van der Waals surface area contributed by atoms with E-state index in [0.29, 0.717) is 35.1 Å². The number of hydrogen-bond donors (Lipinski definition) is 1. The Bertz CT molecular complexity index is 1220. The Morgan fingerprint density at radius 2 is 1.79 bits per heavy atom. The molecule has 33 heavy (non-hydrogen) atoms. The van der Waals surface area contributed by atoms with Crippen LogP contribution in [0.1, 0.15) is 34.7 Å². The monoisotopic (exact) mass is 522 g/mol. The summed E-state index contributed by atoms with van der Waals surface area (Å²) < 4.78 is 6.77. The Morgan fingerprint density at radius 3 is 2.39 bits per heavy atom. The van der Waals surface area contributed by atoms with E-state index in [1.807, 2.05) is 25.1 Å². The van der Waals surface area contributed by atoms with Crippen molar-refractivity contribution in [3.05, 3.63) is 97.5 Å². The maximum Gasteiger partial charge on any atom is 0.266 e. The summed E-state index contributed by atoms with van der Waals surface area (Å²) in [5.41, 5.74) is 5.87. The molecule has 6 heteroatoms. The molecule has 0 aliphatic heterocycles. The van der Waals surface area contributed by atoms with Gasteiger partial charge >= 0.3 is 0 Å². The first-order valence-corrected chi connectivity index (χ1v) is 11.7. The lowest BCUT2D eigenvalue weighted by atomic mass is 9.98. The second-order valence-electron chi connectivity index (χ2n) is 7.72. The van der Waals surface area contributed by atoms with Gasteiger partial charge in [0.2, 0.25) is 0 Å². The van der Waals surface area contributed by atoms with Crippen LogP contribution in [0.3, 0.4) is 0 Å². The van der Waals surface area contributed by atoms with Gasteiger partial charge in [-0.2, -0.15) is 5.26 Å². The van der Waals surface area contributed by atoms with E-state index in [2.05, 4.69) is 53.3 Å². The van der Waals surface area contributed by atoms with Gasteiger partial charge < -0.3 is 10.1 Å². The highest BCUT2D eigenvalue weighted by molar-refractivity contribution is 9.10. The summed E-state index contributed by atoms with van der Waals surface area (Å²) in [6.07, 6.45) is 2.25. The lowest BCUT2D eigenvalue weighted by Gasteiger charge is -2.15. The molecule has 0 unspecified atom stereocenters. The summed E-state index contributed by atoms with van der Waals surface area (Å²) in [6, 6.07) is 18.9. The molecule has 0 aromatic heterocycles. The highest BCUT2D eigenvalue weighted by Crippen LogP contribution is 2.33. The third kappa shape index (κ3) is 6.71. The first kappa shape index (κ1) is 24.6. The van der Waals surface area contributed by atoms with Gasteiger partial charge in [0.05, 0.1) is 6.61 Å². The van der Waals surface area contributed by atoms with Crippen LogP contribution < -0.4 is 10.1 Å². The van der Waals surface area contributed by atoms with Crippen LogP contribution in [0.2, 0.25) is 5.02 Å². The van der Waals surface area contributed by atoms with Crippen LogP contribution in [0.15, 0.2) is 64.6 Å². The summed E-state index contributed by atoms with van der Waals surface area (Å²) >= 11 is 9.55. The predicted molar refractivity (Wildman–Crippen MR) is 138 cm³/mol. The number of benzene rings is 3. The minimum Gasteiger partial charge on any atom is -0.494 e. The fourth-order valence-corrected chi connectivity index (χ4v) is 4.32. The molecule has 1 N–H and O–H groups in total. The molecule has 1 amide bonds. The number of aryl methyl sites for hydroxylation is 2. The third-order valence-electron chi connectivity index (χ3n) is 4.92. The van der Waals surface area contributed by atoms with Crippen LogP contribution in [0.5, 0.6) is 5.75 Å². The standard InChI is InChI=1S/C27H24BrClN2O2/c1-4-33-26-15-20(12-21(16-30)27(32)31-23-7-5-22(29)6-8-23)14-25(28)24(26)13-19-10-17(2)9-18(3)11-19/h5-12,14-15H,4,13H2,1-3H3,(H,31,32)/b21-12+. The van der Waals surface area contributed by atoms with E-state index in [-0.39, 0.29) is 5.57 Å².